The smallest absolute Gasteiger partial charge is 0.362 e. The van der Waals surface area contributed by atoms with Crippen LogP contribution in [0.4, 0.5) is 13.2 Å². The third-order valence-electron chi connectivity index (χ3n) is 4.88. The van der Waals surface area contributed by atoms with Crippen LogP contribution in [0.1, 0.15) is 42.1 Å². The van der Waals surface area contributed by atoms with E-state index in [4.69, 9.17) is 0 Å². The molecule has 1 heterocycles. The fraction of sp³-hybridized carbons (Fsp3) is 0.529. The molecular formula is C17H19F3N2O2. The molecule has 2 aliphatic rings. The van der Waals surface area contributed by atoms with Crippen LogP contribution in [0, 0.1) is 18.8 Å². The Hall–Kier alpha value is -1.89. The highest BCUT2D eigenvalue weighted by Crippen LogP contribution is 2.49. The van der Waals surface area contributed by atoms with Crippen molar-refractivity contribution in [3.63, 3.8) is 0 Å². The van der Waals surface area contributed by atoms with Gasteiger partial charge >= 0.3 is 6.18 Å². The topological polar surface area (TPSA) is 52.9 Å². The second kappa shape index (κ2) is 5.58. The van der Waals surface area contributed by atoms with Crippen molar-refractivity contribution in [1.82, 2.24) is 5.01 Å². The fourth-order valence-electron chi connectivity index (χ4n) is 3.43. The van der Waals surface area contributed by atoms with Gasteiger partial charge in [0.05, 0.1) is 5.92 Å². The zero-order valence-electron chi connectivity index (χ0n) is 13.5. The van der Waals surface area contributed by atoms with Gasteiger partial charge in [-0.1, -0.05) is 24.6 Å². The molecule has 7 heteroatoms. The predicted molar refractivity (Wildman–Crippen MR) is 82.3 cm³/mol. The average Bonchev–Trinajstić information content (AvgIpc) is 2.81. The van der Waals surface area contributed by atoms with Crippen LogP contribution < -0.4 is 0 Å². The third-order valence-corrected chi connectivity index (χ3v) is 4.88. The summed E-state index contributed by atoms with van der Waals surface area (Å²) in [6, 6.07) is 6.16. The number of fused-ring (bicyclic) bond motifs is 1. The maximum absolute atomic E-state index is 13.7. The number of carbonyl (C=O) groups excluding carboxylic acids is 1. The van der Waals surface area contributed by atoms with Crippen LogP contribution in [0.2, 0.25) is 0 Å². The lowest BCUT2D eigenvalue weighted by Crippen LogP contribution is -2.61. The third kappa shape index (κ3) is 2.51. The summed E-state index contributed by atoms with van der Waals surface area (Å²) in [5.41, 5.74) is -2.07. The van der Waals surface area contributed by atoms with E-state index in [-0.39, 0.29) is 28.6 Å². The summed E-state index contributed by atoms with van der Waals surface area (Å²) in [6.45, 7) is 3.66. The maximum atomic E-state index is 13.7. The van der Waals surface area contributed by atoms with Crippen molar-refractivity contribution in [3.05, 3.63) is 35.4 Å². The van der Waals surface area contributed by atoms with Crippen LogP contribution in [0.5, 0.6) is 0 Å². The lowest BCUT2D eigenvalue weighted by Gasteiger charge is -2.39. The number of hydrogen-bond donors (Lipinski definition) is 1. The normalized spacial score (nSPS) is 30.1. The van der Waals surface area contributed by atoms with E-state index >= 15 is 0 Å². The molecule has 0 aromatic heterocycles. The Morgan fingerprint density at radius 1 is 1.33 bits per heavy atom. The molecular weight excluding hydrogens is 321 g/mol. The number of hydrogen-bond acceptors (Lipinski definition) is 3. The molecule has 1 amide bonds. The summed E-state index contributed by atoms with van der Waals surface area (Å²) < 4.78 is 41.1. The number of hydrazone groups is 1. The molecule has 1 N–H and O–H groups in total. The summed E-state index contributed by atoms with van der Waals surface area (Å²) in [6.07, 6.45) is -3.76. The van der Waals surface area contributed by atoms with E-state index in [1.165, 1.54) is 12.1 Å². The molecule has 0 spiro atoms. The van der Waals surface area contributed by atoms with E-state index < -0.39 is 23.7 Å². The number of aliphatic hydroxyl groups is 1. The highest BCUT2D eigenvalue weighted by molar-refractivity contribution is 5.99. The summed E-state index contributed by atoms with van der Waals surface area (Å²) in [5.74, 6) is -2.10. The van der Waals surface area contributed by atoms with E-state index in [1.807, 2.05) is 13.8 Å². The van der Waals surface area contributed by atoms with E-state index in [1.54, 1.807) is 12.1 Å². The minimum atomic E-state index is -4.99. The van der Waals surface area contributed by atoms with Gasteiger partial charge in [-0.2, -0.15) is 23.3 Å². The molecule has 0 saturated heterocycles. The highest BCUT2D eigenvalue weighted by atomic mass is 19.4. The van der Waals surface area contributed by atoms with Crippen LogP contribution in [-0.2, 0) is 0 Å². The zero-order chi connectivity index (χ0) is 17.7. The first kappa shape index (κ1) is 17.0. The number of rotatable bonds is 1. The first-order valence-corrected chi connectivity index (χ1v) is 7.92. The summed E-state index contributed by atoms with van der Waals surface area (Å²) >= 11 is 0. The minimum absolute atomic E-state index is 0.0391. The molecule has 1 saturated carbocycles. The van der Waals surface area contributed by atoms with E-state index in [2.05, 4.69) is 5.10 Å². The van der Waals surface area contributed by atoms with E-state index in [9.17, 15) is 23.1 Å². The van der Waals surface area contributed by atoms with Crippen molar-refractivity contribution in [2.75, 3.05) is 0 Å². The molecule has 24 heavy (non-hydrogen) atoms. The SMILES string of the molecule is Cc1ccc(C(=O)N2N=C3CC[C@@H](C)C[C@H]3[C@@]2(O)C(F)(F)F)cc1. The molecule has 0 radical (unpaired) electrons. The molecule has 1 aliphatic carbocycles. The largest absolute Gasteiger partial charge is 0.439 e. The second-order valence-electron chi connectivity index (χ2n) is 6.73. The van der Waals surface area contributed by atoms with Crippen LogP contribution in [0.15, 0.2) is 29.4 Å². The van der Waals surface area contributed by atoms with Crippen LogP contribution in [0.3, 0.4) is 0 Å². The number of nitrogens with zero attached hydrogens (tertiary/aromatic N) is 2. The van der Waals surface area contributed by atoms with Crippen LogP contribution in [-0.4, -0.2) is 33.6 Å². The predicted octanol–water partition coefficient (Wildman–Crippen LogP) is 3.49. The van der Waals surface area contributed by atoms with E-state index in [0.717, 1.165) is 5.56 Å². The van der Waals surface area contributed by atoms with Crippen LogP contribution in [0.25, 0.3) is 0 Å². The quantitative estimate of drug-likeness (QED) is 0.851. The Morgan fingerprint density at radius 3 is 2.54 bits per heavy atom. The monoisotopic (exact) mass is 340 g/mol. The molecule has 0 unspecified atom stereocenters. The molecule has 3 rings (SSSR count). The zero-order valence-corrected chi connectivity index (χ0v) is 13.5. The summed E-state index contributed by atoms with van der Waals surface area (Å²) in [4.78, 5) is 12.6. The lowest BCUT2D eigenvalue weighted by atomic mass is 9.76. The van der Waals surface area contributed by atoms with Gasteiger partial charge in [-0.25, -0.2) is 0 Å². The Morgan fingerprint density at radius 2 is 1.96 bits per heavy atom. The van der Waals surface area contributed by atoms with Crippen molar-refractivity contribution in [2.45, 2.75) is 45.0 Å². The Balaban J connectivity index is 2.03. The number of aryl methyl sites for hydroxylation is 1. The Bertz CT molecular complexity index is 684. The maximum Gasteiger partial charge on any atom is 0.439 e. The number of carbonyl (C=O) groups is 1. The number of benzene rings is 1. The van der Waals surface area contributed by atoms with Gasteiger partial charge in [-0.05, 0) is 44.2 Å². The van der Waals surface area contributed by atoms with Crippen molar-refractivity contribution >= 4 is 11.6 Å². The van der Waals surface area contributed by atoms with Gasteiger partial charge in [-0.3, -0.25) is 4.79 Å². The Labute approximate surface area is 138 Å². The molecule has 3 atom stereocenters. The van der Waals surface area contributed by atoms with Gasteiger partial charge in [0.15, 0.2) is 0 Å². The average molecular weight is 340 g/mol. The molecule has 4 nitrogen and oxygen atoms in total. The van der Waals surface area contributed by atoms with Gasteiger partial charge in [0.25, 0.3) is 11.6 Å². The number of halogens is 3. The van der Waals surface area contributed by atoms with Gasteiger partial charge < -0.3 is 5.11 Å². The second-order valence-corrected chi connectivity index (χ2v) is 6.73. The fourth-order valence-corrected chi connectivity index (χ4v) is 3.43. The lowest BCUT2D eigenvalue weighted by molar-refractivity contribution is -0.313. The van der Waals surface area contributed by atoms with E-state index in [0.29, 0.717) is 12.8 Å². The molecule has 1 aromatic rings. The molecule has 1 aromatic carbocycles. The highest BCUT2D eigenvalue weighted by Gasteiger charge is 2.68. The van der Waals surface area contributed by atoms with Gasteiger partial charge in [0.1, 0.15) is 0 Å². The molecule has 130 valence electrons. The summed E-state index contributed by atoms with van der Waals surface area (Å²) in [5, 5.41) is 14.7. The van der Waals surface area contributed by atoms with Gasteiger partial charge in [0.2, 0.25) is 0 Å². The molecule has 0 bridgehead atoms. The van der Waals surface area contributed by atoms with Crippen LogP contribution >= 0.6 is 0 Å². The Kier molecular flexibility index (Phi) is 3.94. The van der Waals surface area contributed by atoms with Gasteiger partial charge in [-0.15, -0.1) is 0 Å². The van der Waals surface area contributed by atoms with Crippen molar-refractivity contribution < 1.29 is 23.1 Å². The van der Waals surface area contributed by atoms with Crippen molar-refractivity contribution in [3.8, 4) is 0 Å². The number of amides is 1. The van der Waals surface area contributed by atoms with Crippen molar-refractivity contribution in [2.24, 2.45) is 16.9 Å². The first-order valence-electron chi connectivity index (χ1n) is 7.92. The van der Waals surface area contributed by atoms with Crippen molar-refractivity contribution in [1.29, 1.82) is 0 Å². The molecule has 1 aliphatic heterocycles. The van der Waals surface area contributed by atoms with Gasteiger partial charge in [0, 0.05) is 11.3 Å². The summed E-state index contributed by atoms with van der Waals surface area (Å²) in [7, 11) is 0. The first-order chi connectivity index (χ1) is 11.1. The minimum Gasteiger partial charge on any atom is -0.362 e. The molecule has 1 fully saturated rings. The number of alkyl halides is 3. The standard InChI is InChI=1S/C17H19F3N2O2/c1-10-3-6-12(7-4-10)15(23)22-16(24,17(18,19)20)13-9-11(2)5-8-14(13)21-22/h3-4,6-7,11,13,24H,5,8-9H2,1-2H3/t11-,13-,16-/m1/s1.